The molecule has 5 nitrogen and oxygen atoms in total. The molecule has 0 saturated carbocycles. The van der Waals surface area contributed by atoms with Crippen molar-refractivity contribution in [3.8, 4) is 11.5 Å². The zero-order valence-corrected chi connectivity index (χ0v) is 19.0. The van der Waals surface area contributed by atoms with E-state index in [-0.39, 0.29) is 17.1 Å². The molecule has 3 aromatic rings. The molecule has 0 aromatic heterocycles. The topological polar surface area (TPSA) is 69.7 Å². The van der Waals surface area contributed by atoms with Crippen LogP contribution in [0.15, 0.2) is 78.9 Å². The first-order valence-electron chi connectivity index (χ1n) is 9.76. The van der Waals surface area contributed by atoms with Crippen molar-refractivity contribution in [3.63, 3.8) is 0 Å². The first kappa shape index (κ1) is 24.0. The summed E-state index contributed by atoms with van der Waals surface area (Å²) in [5.41, 5.74) is 1.48. The Morgan fingerprint density at radius 1 is 0.667 bits per heavy atom. The standard InChI is InChI=1S/C26H18Cl2O5/c1-17(29)26-22(32-24(30)15-9-18-5-11-20(27)12-6-18)3-2-4-23(26)33-25(31)16-10-19-7-13-21(28)14-8-19/h2-16H,1H3/b15-9+,16-10+. The second-order valence-electron chi connectivity index (χ2n) is 6.80. The molecule has 0 spiro atoms. The Labute approximate surface area is 200 Å². The molecule has 33 heavy (non-hydrogen) atoms. The lowest BCUT2D eigenvalue weighted by molar-refractivity contribution is -0.129. The van der Waals surface area contributed by atoms with Crippen LogP contribution in [0.4, 0.5) is 0 Å². The highest BCUT2D eigenvalue weighted by molar-refractivity contribution is 6.30. The third-order valence-electron chi connectivity index (χ3n) is 4.32. The number of carbonyl (C=O) groups excluding carboxylic acids is 3. The van der Waals surface area contributed by atoms with Gasteiger partial charge < -0.3 is 9.47 Å². The summed E-state index contributed by atoms with van der Waals surface area (Å²) < 4.78 is 10.6. The van der Waals surface area contributed by atoms with E-state index in [0.29, 0.717) is 10.0 Å². The van der Waals surface area contributed by atoms with Crippen molar-refractivity contribution in [2.45, 2.75) is 6.92 Å². The van der Waals surface area contributed by atoms with Crippen molar-refractivity contribution in [1.82, 2.24) is 0 Å². The average Bonchev–Trinajstić information content (AvgIpc) is 2.78. The fraction of sp³-hybridized carbons (Fsp3) is 0.0385. The summed E-state index contributed by atoms with van der Waals surface area (Å²) in [5.74, 6) is -1.85. The predicted molar refractivity (Wildman–Crippen MR) is 129 cm³/mol. The minimum atomic E-state index is -0.696. The quantitative estimate of drug-likeness (QED) is 0.168. The van der Waals surface area contributed by atoms with Crippen LogP contribution in [0.25, 0.3) is 12.2 Å². The summed E-state index contributed by atoms with van der Waals surface area (Å²) in [7, 11) is 0. The summed E-state index contributed by atoms with van der Waals surface area (Å²) in [5, 5.41) is 1.16. The second kappa shape index (κ2) is 11.3. The Morgan fingerprint density at radius 3 is 1.42 bits per heavy atom. The molecule has 0 N–H and O–H groups in total. The van der Waals surface area contributed by atoms with Crippen LogP contribution in [-0.4, -0.2) is 17.7 Å². The Balaban J connectivity index is 1.74. The number of ether oxygens (including phenoxy) is 2. The molecule has 0 saturated heterocycles. The zero-order chi connectivity index (χ0) is 23.8. The molecule has 0 atom stereocenters. The van der Waals surface area contributed by atoms with Gasteiger partial charge in [-0.05, 0) is 66.6 Å². The zero-order valence-electron chi connectivity index (χ0n) is 17.5. The molecule has 0 heterocycles. The summed E-state index contributed by atoms with van der Waals surface area (Å²) >= 11 is 11.7. The predicted octanol–water partition coefficient (Wildman–Crippen LogP) is 6.43. The number of halogens is 2. The molecule has 0 amide bonds. The van der Waals surface area contributed by atoms with Crippen LogP contribution in [0.2, 0.25) is 10.0 Å². The molecule has 3 aromatic carbocycles. The highest BCUT2D eigenvalue weighted by atomic mass is 35.5. The number of rotatable bonds is 7. The van der Waals surface area contributed by atoms with Crippen molar-refractivity contribution in [2.24, 2.45) is 0 Å². The third-order valence-corrected chi connectivity index (χ3v) is 4.83. The van der Waals surface area contributed by atoms with Crippen LogP contribution < -0.4 is 9.47 Å². The molecule has 0 aliphatic carbocycles. The molecule has 7 heteroatoms. The van der Waals surface area contributed by atoms with E-state index >= 15 is 0 Å². The summed E-state index contributed by atoms with van der Waals surface area (Å²) in [6.07, 6.45) is 5.55. The normalized spacial score (nSPS) is 11.0. The van der Waals surface area contributed by atoms with Gasteiger partial charge in [-0.1, -0.05) is 53.5 Å². The average molecular weight is 481 g/mol. The Morgan fingerprint density at radius 2 is 1.06 bits per heavy atom. The maximum Gasteiger partial charge on any atom is 0.336 e. The minimum absolute atomic E-state index is 0.0137. The fourth-order valence-electron chi connectivity index (χ4n) is 2.79. The largest absolute Gasteiger partial charge is 0.422 e. The summed E-state index contributed by atoms with van der Waals surface area (Å²) in [4.78, 5) is 36.8. The molecular weight excluding hydrogens is 463 g/mol. The molecule has 0 unspecified atom stereocenters. The SMILES string of the molecule is CC(=O)c1c(OC(=O)/C=C/c2ccc(Cl)cc2)cccc1OC(=O)/C=C/c1ccc(Cl)cc1. The number of benzene rings is 3. The summed E-state index contributed by atoms with van der Waals surface area (Å²) in [6, 6.07) is 18.2. The van der Waals surface area contributed by atoms with E-state index in [9.17, 15) is 14.4 Å². The van der Waals surface area contributed by atoms with Gasteiger partial charge in [0.05, 0.1) is 0 Å². The van der Waals surface area contributed by atoms with Crippen molar-refractivity contribution in [1.29, 1.82) is 0 Å². The van der Waals surface area contributed by atoms with Gasteiger partial charge in [-0.2, -0.15) is 0 Å². The van der Waals surface area contributed by atoms with Crippen LogP contribution >= 0.6 is 23.2 Å². The van der Waals surface area contributed by atoms with Crippen molar-refractivity contribution < 1.29 is 23.9 Å². The Kier molecular flexibility index (Phi) is 8.19. The lowest BCUT2D eigenvalue weighted by Gasteiger charge is -2.11. The van der Waals surface area contributed by atoms with Crippen LogP contribution in [0.5, 0.6) is 11.5 Å². The molecule has 166 valence electrons. The van der Waals surface area contributed by atoms with Gasteiger partial charge in [0.1, 0.15) is 17.1 Å². The smallest absolute Gasteiger partial charge is 0.336 e. The third kappa shape index (κ3) is 7.17. The number of hydrogen-bond acceptors (Lipinski definition) is 5. The monoisotopic (exact) mass is 480 g/mol. The first-order chi connectivity index (χ1) is 15.8. The van der Waals surface area contributed by atoms with Gasteiger partial charge in [0.25, 0.3) is 0 Å². The van der Waals surface area contributed by atoms with Crippen molar-refractivity contribution in [2.75, 3.05) is 0 Å². The molecule has 0 radical (unpaired) electrons. The summed E-state index contributed by atoms with van der Waals surface area (Å²) in [6.45, 7) is 1.29. The number of esters is 2. The van der Waals surface area contributed by atoms with E-state index in [4.69, 9.17) is 32.7 Å². The van der Waals surface area contributed by atoms with Crippen LogP contribution in [0.1, 0.15) is 28.4 Å². The highest BCUT2D eigenvalue weighted by Crippen LogP contribution is 2.29. The van der Waals surface area contributed by atoms with E-state index in [1.54, 1.807) is 60.7 Å². The fourth-order valence-corrected chi connectivity index (χ4v) is 3.04. The van der Waals surface area contributed by atoms with Crippen molar-refractivity contribution in [3.05, 3.63) is 106 Å². The molecule has 3 rings (SSSR count). The number of carbonyl (C=O) groups is 3. The Bertz CT molecular complexity index is 1140. The van der Waals surface area contributed by atoms with E-state index in [1.165, 1.54) is 37.3 Å². The maximum absolute atomic E-state index is 12.3. The van der Waals surface area contributed by atoms with Gasteiger partial charge in [-0.15, -0.1) is 0 Å². The van der Waals surface area contributed by atoms with Gasteiger partial charge in [-0.3, -0.25) is 4.79 Å². The van der Waals surface area contributed by atoms with Gasteiger partial charge in [0.2, 0.25) is 0 Å². The van der Waals surface area contributed by atoms with Crippen molar-refractivity contribution >= 4 is 53.1 Å². The van der Waals surface area contributed by atoms with E-state index < -0.39 is 17.7 Å². The molecule has 0 bridgehead atoms. The first-order valence-corrected chi connectivity index (χ1v) is 10.5. The highest BCUT2D eigenvalue weighted by Gasteiger charge is 2.18. The van der Waals surface area contributed by atoms with E-state index in [0.717, 1.165) is 11.1 Å². The lowest BCUT2D eigenvalue weighted by Crippen LogP contribution is -2.11. The van der Waals surface area contributed by atoms with Gasteiger partial charge >= 0.3 is 11.9 Å². The van der Waals surface area contributed by atoms with Crippen LogP contribution in [0.3, 0.4) is 0 Å². The Hall–Kier alpha value is -3.67. The lowest BCUT2D eigenvalue weighted by atomic mass is 10.1. The van der Waals surface area contributed by atoms with E-state index in [1.807, 2.05) is 0 Å². The molecule has 0 aliphatic heterocycles. The minimum Gasteiger partial charge on any atom is -0.422 e. The van der Waals surface area contributed by atoms with Gasteiger partial charge in [0, 0.05) is 22.2 Å². The molecular formula is C26H18Cl2O5. The number of Topliss-reactive ketones (excluding diaryl/α,β-unsaturated/α-hetero) is 1. The second-order valence-corrected chi connectivity index (χ2v) is 7.67. The van der Waals surface area contributed by atoms with E-state index in [2.05, 4.69) is 0 Å². The number of hydrogen-bond donors (Lipinski definition) is 0. The molecule has 0 fully saturated rings. The van der Waals surface area contributed by atoms with Gasteiger partial charge in [-0.25, -0.2) is 9.59 Å². The van der Waals surface area contributed by atoms with Crippen LogP contribution in [-0.2, 0) is 9.59 Å². The molecule has 0 aliphatic rings. The number of ketones is 1. The maximum atomic E-state index is 12.3. The van der Waals surface area contributed by atoms with Gasteiger partial charge in [0.15, 0.2) is 5.78 Å². The van der Waals surface area contributed by atoms with Crippen LogP contribution in [0, 0.1) is 0 Å².